The van der Waals surface area contributed by atoms with Crippen molar-refractivity contribution in [2.75, 3.05) is 0 Å². The smallest absolute Gasteiger partial charge is 0.224 e. The highest BCUT2D eigenvalue weighted by atomic mass is 32.2. The summed E-state index contributed by atoms with van der Waals surface area (Å²) in [7, 11) is 0. The Morgan fingerprint density at radius 1 is 0.469 bits per heavy atom. The minimum atomic E-state index is 0.0522. The number of carbonyl (C=O) groups excluding carboxylic acids is 2. The van der Waals surface area contributed by atoms with E-state index in [1.165, 1.54) is 34.7 Å². The molecule has 0 fully saturated rings. The quantitative estimate of drug-likeness (QED) is 0.274. The number of aryl methyl sites for hydroxylation is 2. The van der Waals surface area contributed by atoms with Gasteiger partial charge in [0.05, 0.1) is 0 Å². The van der Waals surface area contributed by atoms with E-state index in [2.05, 4.69) is 0 Å². The summed E-state index contributed by atoms with van der Waals surface area (Å²) in [4.78, 5) is 26.8. The van der Waals surface area contributed by atoms with Crippen molar-refractivity contribution in [2.24, 2.45) is 0 Å². The average molecular weight is 455 g/mol. The van der Waals surface area contributed by atoms with Crippen molar-refractivity contribution in [3.63, 3.8) is 0 Å². The standard InChI is InChI=1S/C28H22O2S2/c29-27(31-25-7-3-1-4-8-25)23-17-13-21(14-18-23)11-12-22-15-19-24(20-16-22)28(30)32-26-9-5-2-6-10-26/h1-10,13-20H,11-12H2. The monoisotopic (exact) mass is 454 g/mol. The van der Waals surface area contributed by atoms with E-state index in [0.29, 0.717) is 11.1 Å². The van der Waals surface area contributed by atoms with Crippen LogP contribution in [0.1, 0.15) is 31.8 Å². The Balaban J connectivity index is 1.29. The van der Waals surface area contributed by atoms with Gasteiger partial charge in [-0.2, -0.15) is 0 Å². The van der Waals surface area contributed by atoms with Crippen LogP contribution >= 0.6 is 23.5 Å². The third-order valence-electron chi connectivity index (χ3n) is 4.99. The van der Waals surface area contributed by atoms with Crippen molar-refractivity contribution in [3.8, 4) is 0 Å². The zero-order valence-electron chi connectivity index (χ0n) is 17.4. The summed E-state index contributed by atoms with van der Waals surface area (Å²) in [5.74, 6) is 0. The second kappa shape index (κ2) is 11.0. The molecular formula is C28H22O2S2. The molecule has 4 aromatic carbocycles. The zero-order chi connectivity index (χ0) is 22.2. The normalized spacial score (nSPS) is 10.6. The van der Waals surface area contributed by atoms with E-state index in [9.17, 15) is 9.59 Å². The largest absolute Gasteiger partial charge is 0.281 e. The Labute approximate surface area is 197 Å². The number of hydrogen-bond acceptors (Lipinski definition) is 4. The molecule has 0 unspecified atom stereocenters. The first-order valence-electron chi connectivity index (χ1n) is 10.4. The molecular weight excluding hydrogens is 432 g/mol. The Kier molecular flexibility index (Phi) is 7.59. The first kappa shape index (κ1) is 22.1. The Morgan fingerprint density at radius 3 is 1.16 bits per heavy atom. The Hall–Kier alpha value is -3.08. The van der Waals surface area contributed by atoms with Gasteiger partial charge in [0, 0.05) is 20.9 Å². The predicted molar refractivity (Wildman–Crippen MR) is 134 cm³/mol. The van der Waals surface area contributed by atoms with E-state index in [0.717, 1.165) is 22.6 Å². The van der Waals surface area contributed by atoms with Crippen molar-refractivity contribution in [1.82, 2.24) is 0 Å². The lowest BCUT2D eigenvalue weighted by molar-refractivity contribution is 0.108. The third-order valence-corrected chi connectivity index (χ3v) is 6.85. The maximum absolute atomic E-state index is 12.4. The molecule has 0 heterocycles. The second-order valence-corrected chi connectivity index (χ2v) is 9.39. The van der Waals surface area contributed by atoms with E-state index in [1.54, 1.807) is 0 Å². The molecule has 0 spiro atoms. The molecule has 0 bridgehead atoms. The van der Waals surface area contributed by atoms with Gasteiger partial charge in [-0.05, 0) is 71.8 Å². The summed E-state index contributed by atoms with van der Waals surface area (Å²) in [6.45, 7) is 0. The summed E-state index contributed by atoms with van der Waals surface area (Å²) in [5, 5.41) is 0.104. The number of thioether (sulfide) groups is 2. The lowest BCUT2D eigenvalue weighted by Crippen LogP contribution is -1.97. The molecule has 0 aliphatic heterocycles. The third kappa shape index (κ3) is 6.22. The van der Waals surface area contributed by atoms with Gasteiger partial charge in [-0.25, -0.2) is 0 Å². The highest BCUT2D eigenvalue weighted by molar-refractivity contribution is 8.14. The Morgan fingerprint density at radius 2 is 0.812 bits per heavy atom. The average Bonchev–Trinajstić information content (AvgIpc) is 2.84. The molecule has 0 saturated carbocycles. The van der Waals surface area contributed by atoms with Crippen LogP contribution in [0.4, 0.5) is 0 Å². The maximum atomic E-state index is 12.4. The van der Waals surface area contributed by atoms with Gasteiger partial charge in [-0.3, -0.25) is 9.59 Å². The fourth-order valence-corrected chi connectivity index (χ4v) is 4.74. The van der Waals surface area contributed by atoms with Gasteiger partial charge >= 0.3 is 0 Å². The molecule has 0 saturated heterocycles. The topological polar surface area (TPSA) is 34.1 Å². The Bertz CT molecular complexity index is 1070. The zero-order valence-corrected chi connectivity index (χ0v) is 19.1. The molecule has 32 heavy (non-hydrogen) atoms. The van der Waals surface area contributed by atoms with Crippen LogP contribution in [0.2, 0.25) is 0 Å². The SMILES string of the molecule is O=C(Sc1ccccc1)c1ccc(CCc2ccc(C(=O)Sc3ccccc3)cc2)cc1. The molecule has 4 rings (SSSR count). The number of rotatable bonds is 7. The highest BCUT2D eigenvalue weighted by Gasteiger charge is 2.09. The fourth-order valence-electron chi connectivity index (χ4n) is 3.21. The predicted octanol–water partition coefficient (Wildman–Crippen LogP) is 7.34. The lowest BCUT2D eigenvalue weighted by atomic mass is 10.0. The lowest BCUT2D eigenvalue weighted by Gasteiger charge is -2.06. The van der Waals surface area contributed by atoms with Crippen molar-refractivity contribution < 1.29 is 9.59 Å². The van der Waals surface area contributed by atoms with Gasteiger partial charge in [-0.1, -0.05) is 84.9 Å². The fraction of sp³-hybridized carbons (Fsp3) is 0.0714. The number of carbonyl (C=O) groups is 2. The van der Waals surface area contributed by atoms with Crippen LogP contribution < -0.4 is 0 Å². The summed E-state index contributed by atoms with van der Waals surface area (Å²) >= 11 is 2.50. The van der Waals surface area contributed by atoms with Crippen LogP contribution in [0.3, 0.4) is 0 Å². The number of benzene rings is 4. The molecule has 0 N–H and O–H groups in total. The van der Waals surface area contributed by atoms with Gasteiger partial charge in [0.2, 0.25) is 10.2 Å². The van der Waals surface area contributed by atoms with Crippen molar-refractivity contribution in [3.05, 3.63) is 131 Å². The minimum Gasteiger partial charge on any atom is -0.281 e. The molecule has 0 aromatic heterocycles. The van der Waals surface area contributed by atoms with Gasteiger partial charge in [0.1, 0.15) is 0 Å². The van der Waals surface area contributed by atoms with E-state index in [-0.39, 0.29) is 10.2 Å². The number of hydrogen-bond donors (Lipinski definition) is 0. The molecule has 4 heteroatoms. The molecule has 0 atom stereocenters. The van der Waals surface area contributed by atoms with Crippen LogP contribution in [0.5, 0.6) is 0 Å². The summed E-state index contributed by atoms with van der Waals surface area (Å²) in [6, 6.07) is 35.1. The minimum absolute atomic E-state index is 0.0522. The first-order valence-corrected chi connectivity index (χ1v) is 12.0. The van der Waals surface area contributed by atoms with Gasteiger partial charge in [-0.15, -0.1) is 0 Å². The molecule has 0 aliphatic carbocycles. The molecule has 0 amide bonds. The second-order valence-electron chi connectivity index (χ2n) is 7.30. The van der Waals surface area contributed by atoms with Crippen LogP contribution in [0.15, 0.2) is 119 Å². The molecule has 0 aliphatic rings. The van der Waals surface area contributed by atoms with Crippen LogP contribution in [-0.4, -0.2) is 10.2 Å². The summed E-state index contributed by atoms with van der Waals surface area (Å²) < 4.78 is 0. The summed E-state index contributed by atoms with van der Waals surface area (Å²) in [5.41, 5.74) is 3.79. The molecule has 0 radical (unpaired) electrons. The highest BCUT2D eigenvalue weighted by Crippen LogP contribution is 2.24. The molecule has 2 nitrogen and oxygen atoms in total. The van der Waals surface area contributed by atoms with Crippen molar-refractivity contribution in [2.45, 2.75) is 22.6 Å². The van der Waals surface area contributed by atoms with Crippen LogP contribution in [0, 0.1) is 0 Å². The van der Waals surface area contributed by atoms with Gasteiger partial charge in [0.15, 0.2) is 0 Å². The van der Waals surface area contributed by atoms with E-state index < -0.39 is 0 Å². The first-order chi connectivity index (χ1) is 15.7. The van der Waals surface area contributed by atoms with Crippen molar-refractivity contribution in [1.29, 1.82) is 0 Å². The van der Waals surface area contributed by atoms with Crippen molar-refractivity contribution >= 4 is 33.8 Å². The maximum Gasteiger partial charge on any atom is 0.224 e. The molecule has 4 aromatic rings. The van der Waals surface area contributed by atoms with E-state index in [4.69, 9.17) is 0 Å². The molecule has 158 valence electrons. The van der Waals surface area contributed by atoms with Crippen LogP contribution in [-0.2, 0) is 12.8 Å². The van der Waals surface area contributed by atoms with Crippen LogP contribution in [0.25, 0.3) is 0 Å². The summed E-state index contributed by atoms with van der Waals surface area (Å²) in [6.07, 6.45) is 1.76. The van der Waals surface area contributed by atoms with E-state index >= 15 is 0 Å². The van der Waals surface area contributed by atoms with Gasteiger partial charge in [0.25, 0.3) is 0 Å². The van der Waals surface area contributed by atoms with E-state index in [1.807, 2.05) is 109 Å². The van der Waals surface area contributed by atoms with Gasteiger partial charge < -0.3 is 0 Å².